The average Bonchev–Trinajstić information content (AvgIpc) is 2.60. The second-order valence-electron chi connectivity index (χ2n) is 6.41. The van der Waals surface area contributed by atoms with Gasteiger partial charge in [0.1, 0.15) is 13.2 Å². The summed E-state index contributed by atoms with van der Waals surface area (Å²) >= 11 is 1.50. The summed E-state index contributed by atoms with van der Waals surface area (Å²) in [5.74, 6) is 0.0602. The predicted molar refractivity (Wildman–Crippen MR) is 94.7 cm³/mol. The van der Waals surface area contributed by atoms with Crippen LogP contribution in [0.25, 0.3) is 0 Å². The van der Waals surface area contributed by atoms with Crippen LogP contribution in [0.5, 0.6) is 11.5 Å². The van der Waals surface area contributed by atoms with Crippen molar-refractivity contribution in [2.45, 2.75) is 18.2 Å². The maximum atomic E-state index is 12.7. The number of amides is 2. The lowest BCUT2D eigenvalue weighted by molar-refractivity contribution is -0.143. The van der Waals surface area contributed by atoms with Crippen molar-refractivity contribution in [2.24, 2.45) is 11.8 Å². The Bertz CT molecular complexity index is 681. The van der Waals surface area contributed by atoms with Crippen LogP contribution in [0, 0.1) is 11.8 Å². The first kappa shape index (κ1) is 17.7. The van der Waals surface area contributed by atoms with Crippen LogP contribution in [-0.4, -0.2) is 54.6 Å². The third kappa shape index (κ3) is 3.95. The predicted octanol–water partition coefficient (Wildman–Crippen LogP) is 2.75. The molecule has 0 aliphatic carbocycles. The number of carboxylic acid groups (broad SMARTS) is 1. The Kier molecular flexibility index (Phi) is 5.27. The normalized spacial score (nSPS) is 22.4. The Morgan fingerprint density at radius 1 is 1.24 bits per heavy atom. The summed E-state index contributed by atoms with van der Waals surface area (Å²) < 4.78 is 11.1. The third-order valence-electron chi connectivity index (χ3n) is 4.40. The van der Waals surface area contributed by atoms with E-state index in [-0.39, 0.29) is 18.5 Å². The van der Waals surface area contributed by atoms with E-state index in [2.05, 4.69) is 5.32 Å². The summed E-state index contributed by atoms with van der Waals surface area (Å²) in [5, 5.41) is 12.2. The maximum absolute atomic E-state index is 12.7. The van der Waals surface area contributed by atoms with E-state index in [1.807, 2.05) is 19.2 Å². The summed E-state index contributed by atoms with van der Waals surface area (Å²) in [6.07, 6.45) is 2.52. The zero-order chi connectivity index (χ0) is 18.0. The molecule has 2 unspecified atom stereocenters. The summed E-state index contributed by atoms with van der Waals surface area (Å²) in [6.45, 7) is 3.73. The second-order valence-corrected chi connectivity index (χ2v) is 7.26. The van der Waals surface area contributed by atoms with Gasteiger partial charge in [0.15, 0.2) is 11.5 Å². The third-order valence-corrected chi connectivity index (χ3v) is 5.18. The lowest BCUT2D eigenvalue weighted by atomic mass is 9.91. The number of carbonyl (C=O) groups excluding carboxylic acids is 1. The summed E-state index contributed by atoms with van der Waals surface area (Å²) in [5.41, 5.74) is 0.645. The van der Waals surface area contributed by atoms with Gasteiger partial charge < -0.3 is 24.8 Å². The summed E-state index contributed by atoms with van der Waals surface area (Å²) in [4.78, 5) is 26.4. The number of carboxylic acids is 1. The molecule has 0 radical (unpaired) electrons. The molecule has 2 aliphatic rings. The van der Waals surface area contributed by atoms with E-state index in [0.717, 1.165) is 4.90 Å². The van der Waals surface area contributed by atoms with Gasteiger partial charge >= 0.3 is 12.0 Å². The van der Waals surface area contributed by atoms with Crippen molar-refractivity contribution in [1.29, 1.82) is 0 Å². The number of benzene rings is 1. The first-order valence-corrected chi connectivity index (χ1v) is 9.46. The minimum absolute atomic E-state index is 0.154. The van der Waals surface area contributed by atoms with Crippen LogP contribution in [0.4, 0.5) is 10.5 Å². The molecular formula is C17H22N2O5S. The Morgan fingerprint density at radius 3 is 2.56 bits per heavy atom. The van der Waals surface area contributed by atoms with Crippen LogP contribution in [0.15, 0.2) is 17.0 Å². The Labute approximate surface area is 150 Å². The van der Waals surface area contributed by atoms with E-state index in [1.165, 1.54) is 11.8 Å². The molecule has 0 spiro atoms. The number of rotatable bonds is 3. The van der Waals surface area contributed by atoms with Crippen molar-refractivity contribution in [3.05, 3.63) is 12.1 Å². The van der Waals surface area contributed by atoms with E-state index in [1.54, 1.807) is 11.0 Å². The van der Waals surface area contributed by atoms with Gasteiger partial charge in [-0.3, -0.25) is 4.79 Å². The van der Waals surface area contributed by atoms with Gasteiger partial charge in [0.2, 0.25) is 0 Å². The molecule has 1 aromatic carbocycles. The second kappa shape index (κ2) is 7.43. The fourth-order valence-electron chi connectivity index (χ4n) is 3.23. The number of likely N-dealkylation sites (tertiary alicyclic amines) is 1. The fourth-order valence-corrected chi connectivity index (χ4v) is 3.78. The molecule has 1 aromatic rings. The van der Waals surface area contributed by atoms with Gasteiger partial charge in [0, 0.05) is 24.1 Å². The first-order chi connectivity index (χ1) is 12.0. The molecule has 1 saturated heterocycles. The van der Waals surface area contributed by atoms with E-state index >= 15 is 0 Å². The smallest absolute Gasteiger partial charge is 0.321 e. The minimum Gasteiger partial charge on any atom is -0.486 e. The van der Waals surface area contributed by atoms with Crippen LogP contribution in [0.1, 0.15) is 13.3 Å². The molecule has 1 fully saturated rings. The number of hydrogen-bond donors (Lipinski definition) is 2. The number of carbonyl (C=O) groups is 2. The van der Waals surface area contributed by atoms with Crippen molar-refractivity contribution in [3.8, 4) is 11.5 Å². The molecule has 0 bridgehead atoms. The number of nitrogens with one attached hydrogen (secondary N) is 1. The van der Waals surface area contributed by atoms with Crippen LogP contribution >= 0.6 is 11.8 Å². The van der Waals surface area contributed by atoms with Crippen LogP contribution < -0.4 is 14.8 Å². The highest BCUT2D eigenvalue weighted by Gasteiger charge is 2.32. The number of hydrogen-bond acceptors (Lipinski definition) is 5. The van der Waals surface area contributed by atoms with Gasteiger partial charge in [-0.25, -0.2) is 4.79 Å². The van der Waals surface area contributed by atoms with E-state index < -0.39 is 11.9 Å². The number of thioether (sulfide) groups is 1. The SMILES string of the molecule is CSc1cc2c(cc1NC(=O)N1CC(C)CC(C(=O)O)C1)OCCO2. The lowest BCUT2D eigenvalue weighted by Crippen LogP contribution is -2.47. The highest BCUT2D eigenvalue weighted by atomic mass is 32.2. The number of nitrogens with zero attached hydrogens (tertiary/aromatic N) is 1. The first-order valence-electron chi connectivity index (χ1n) is 8.24. The van der Waals surface area contributed by atoms with Crippen molar-refractivity contribution < 1.29 is 24.2 Å². The molecule has 136 valence electrons. The number of anilines is 1. The van der Waals surface area contributed by atoms with Crippen LogP contribution in [0.2, 0.25) is 0 Å². The zero-order valence-corrected chi connectivity index (χ0v) is 15.1. The van der Waals surface area contributed by atoms with Gasteiger partial charge in [-0.1, -0.05) is 6.92 Å². The number of aliphatic carboxylic acids is 1. The molecule has 2 amide bonds. The van der Waals surface area contributed by atoms with Crippen LogP contribution in [0.3, 0.4) is 0 Å². The van der Waals surface area contributed by atoms with Gasteiger partial charge in [0.05, 0.1) is 11.6 Å². The number of urea groups is 1. The molecule has 0 aromatic heterocycles. The maximum Gasteiger partial charge on any atom is 0.321 e. The molecule has 8 heteroatoms. The molecule has 2 atom stereocenters. The molecule has 2 heterocycles. The number of ether oxygens (including phenoxy) is 2. The van der Waals surface area contributed by atoms with Crippen molar-refractivity contribution in [3.63, 3.8) is 0 Å². The zero-order valence-electron chi connectivity index (χ0n) is 14.3. The summed E-state index contributed by atoms with van der Waals surface area (Å²) in [7, 11) is 0. The Balaban J connectivity index is 1.77. The molecule has 0 saturated carbocycles. The molecule has 2 aliphatic heterocycles. The van der Waals surface area contributed by atoms with E-state index in [9.17, 15) is 14.7 Å². The average molecular weight is 366 g/mol. The number of piperidine rings is 1. The Morgan fingerprint density at radius 2 is 1.92 bits per heavy atom. The minimum atomic E-state index is -0.853. The van der Waals surface area contributed by atoms with Crippen molar-refractivity contribution in [2.75, 3.05) is 37.9 Å². The quantitative estimate of drug-likeness (QED) is 0.800. The van der Waals surface area contributed by atoms with Gasteiger partial charge in [-0.15, -0.1) is 11.8 Å². The van der Waals surface area contributed by atoms with Gasteiger partial charge in [0.25, 0.3) is 0 Å². The highest BCUT2D eigenvalue weighted by molar-refractivity contribution is 7.98. The molecular weight excluding hydrogens is 344 g/mol. The van der Waals surface area contributed by atoms with Gasteiger partial charge in [-0.2, -0.15) is 0 Å². The monoisotopic (exact) mass is 366 g/mol. The Hall–Kier alpha value is -2.09. The topological polar surface area (TPSA) is 88.1 Å². The van der Waals surface area contributed by atoms with Crippen molar-refractivity contribution in [1.82, 2.24) is 4.90 Å². The summed E-state index contributed by atoms with van der Waals surface area (Å²) in [6, 6.07) is 3.33. The molecule has 25 heavy (non-hydrogen) atoms. The fraction of sp³-hybridized carbons (Fsp3) is 0.529. The van der Waals surface area contributed by atoms with Crippen LogP contribution in [-0.2, 0) is 4.79 Å². The molecule has 3 rings (SSSR count). The van der Waals surface area contributed by atoms with E-state index in [0.29, 0.717) is 43.4 Å². The van der Waals surface area contributed by atoms with Crippen molar-refractivity contribution >= 4 is 29.4 Å². The molecule has 7 nitrogen and oxygen atoms in total. The lowest BCUT2D eigenvalue weighted by Gasteiger charge is -2.34. The molecule has 2 N–H and O–H groups in total. The number of fused-ring (bicyclic) bond motifs is 1. The largest absolute Gasteiger partial charge is 0.486 e. The standard InChI is InChI=1S/C17H22N2O5S/c1-10-5-11(16(20)21)9-19(8-10)17(22)18-12-6-13-14(7-15(12)25-2)24-4-3-23-13/h6-7,10-11H,3-5,8-9H2,1-2H3,(H,18,22)(H,20,21). The highest BCUT2D eigenvalue weighted by Crippen LogP contribution is 2.39. The van der Waals surface area contributed by atoms with Gasteiger partial charge in [-0.05, 0) is 24.7 Å². The van der Waals surface area contributed by atoms with E-state index in [4.69, 9.17) is 9.47 Å².